The van der Waals surface area contributed by atoms with Gasteiger partial charge in [-0.15, -0.1) is 0 Å². The Morgan fingerprint density at radius 2 is 2.18 bits per heavy atom. The summed E-state index contributed by atoms with van der Waals surface area (Å²) in [7, 11) is 0. The van der Waals surface area contributed by atoms with Crippen LogP contribution in [0.25, 0.3) is 0 Å². The lowest BCUT2D eigenvalue weighted by atomic mass is 9.85. The van der Waals surface area contributed by atoms with E-state index in [-0.39, 0.29) is 0 Å². The SMILES string of the molecule is OC1(c2cccc(OC3CC3)c2)C=CCCC1. The van der Waals surface area contributed by atoms with Gasteiger partial charge in [0.15, 0.2) is 0 Å². The van der Waals surface area contributed by atoms with Crippen LogP contribution in [0.2, 0.25) is 0 Å². The minimum Gasteiger partial charge on any atom is -0.490 e. The first-order chi connectivity index (χ1) is 8.26. The van der Waals surface area contributed by atoms with Gasteiger partial charge in [-0.2, -0.15) is 0 Å². The molecule has 1 aromatic carbocycles. The van der Waals surface area contributed by atoms with Gasteiger partial charge in [-0.1, -0.05) is 24.3 Å². The molecular formula is C15H18O2. The largest absolute Gasteiger partial charge is 0.490 e. The topological polar surface area (TPSA) is 29.5 Å². The Bertz CT molecular complexity index is 434. The highest BCUT2D eigenvalue weighted by atomic mass is 16.5. The van der Waals surface area contributed by atoms with Gasteiger partial charge >= 0.3 is 0 Å². The Balaban J connectivity index is 1.85. The van der Waals surface area contributed by atoms with E-state index in [1.165, 1.54) is 0 Å². The smallest absolute Gasteiger partial charge is 0.120 e. The van der Waals surface area contributed by atoms with Crippen molar-refractivity contribution in [3.05, 3.63) is 42.0 Å². The molecule has 1 saturated carbocycles. The minimum absolute atomic E-state index is 0.404. The van der Waals surface area contributed by atoms with Gasteiger partial charge in [-0.25, -0.2) is 0 Å². The molecule has 2 aliphatic carbocycles. The van der Waals surface area contributed by atoms with E-state index in [0.29, 0.717) is 6.10 Å². The van der Waals surface area contributed by atoms with E-state index in [2.05, 4.69) is 6.08 Å². The molecule has 0 radical (unpaired) electrons. The maximum atomic E-state index is 10.6. The van der Waals surface area contributed by atoms with Gasteiger partial charge in [0.25, 0.3) is 0 Å². The predicted molar refractivity (Wildman–Crippen MR) is 67.0 cm³/mol. The summed E-state index contributed by atoms with van der Waals surface area (Å²) in [6, 6.07) is 7.90. The van der Waals surface area contributed by atoms with Crippen molar-refractivity contribution >= 4 is 0 Å². The first kappa shape index (κ1) is 10.8. The minimum atomic E-state index is -0.791. The summed E-state index contributed by atoms with van der Waals surface area (Å²) in [5.74, 6) is 0.886. The lowest BCUT2D eigenvalue weighted by Gasteiger charge is -2.28. The zero-order valence-corrected chi connectivity index (χ0v) is 9.93. The molecule has 1 aromatic rings. The monoisotopic (exact) mass is 230 g/mol. The van der Waals surface area contributed by atoms with Crippen molar-refractivity contribution in [1.82, 2.24) is 0 Å². The van der Waals surface area contributed by atoms with Crippen LogP contribution in [0, 0.1) is 0 Å². The van der Waals surface area contributed by atoms with Gasteiger partial charge in [0.2, 0.25) is 0 Å². The molecule has 17 heavy (non-hydrogen) atoms. The predicted octanol–water partition coefficient (Wildman–Crippen LogP) is 3.16. The maximum absolute atomic E-state index is 10.6. The van der Waals surface area contributed by atoms with E-state index in [4.69, 9.17) is 4.74 Å². The number of rotatable bonds is 3. The van der Waals surface area contributed by atoms with E-state index in [1.54, 1.807) is 0 Å². The molecule has 3 rings (SSSR count). The molecular weight excluding hydrogens is 212 g/mol. The van der Waals surface area contributed by atoms with Crippen molar-refractivity contribution in [2.75, 3.05) is 0 Å². The molecule has 2 nitrogen and oxygen atoms in total. The molecule has 1 atom stereocenters. The third-order valence-corrected chi connectivity index (χ3v) is 3.48. The molecule has 2 aliphatic rings. The highest BCUT2D eigenvalue weighted by Gasteiger charge is 2.29. The van der Waals surface area contributed by atoms with Crippen molar-refractivity contribution in [1.29, 1.82) is 0 Å². The summed E-state index contributed by atoms with van der Waals surface area (Å²) in [5.41, 5.74) is 0.160. The molecule has 1 N–H and O–H groups in total. The van der Waals surface area contributed by atoms with Crippen LogP contribution in [0.5, 0.6) is 5.75 Å². The van der Waals surface area contributed by atoms with Crippen molar-refractivity contribution in [2.45, 2.75) is 43.8 Å². The number of aliphatic hydroxyl groups is 1. The summed E-state index contributed by atoms with van der Waals surface area (Å²) in [5, 5.41) is 10.6. The zero-order valence-electron chi connectivity index (χ0n) is 9.93. The zero-order chi connectivity index (χ0) is 11.7. The number of allylic oxidation sites excluding steroid dienone is 1. The van der Waals surface area contributed by atoms with E-state index < -0.39 is 5.60 Å². The van der Waals surface area contributed by atoms with Gasteiger partial charge < -0.3 is 9.84 Å². The third-order valence-electron chi connectivity index (χ3n) is 3.48. The Labute approximate surface area is 102 Å². The van der Waals surface area contributed by atoms with E-state index >= 15 is 0 Å². The Hall–Kier alpha value is -1.28. The fourth-order valence-electron chi connectivity index (χ4n) is 2.31. The summed E-state index contributed by atoms with van der Waals surface area (Å²) in [6.45, 7) is 0. The Morgan fingerprint density at radius 1 is 1.29 bits per heavy atom. The molecule has 0 aromatic heterocycles. The molecule has 0 saturated heterocycles. The average molecular weight is 230 g/mol. The van der Waals surface area contributed by atoms with Gasteiger partial charge in [-0.05, 0) is 49.8 Å². The molecule has 0 heterocycles. The molecule has 2 heteroatoms. The van der Waals surface area contributed by atoms with Crippen LogP contribution in [0.15, 0.2) is 36.4 Å². The van der Waals surface area contributed by atoms with Crippen LogP contribution >= 0.6 is 0 Å². The van der Waals surface area contributed by atoms with Gasteiger partial charge in [0, 0.05) is 0 Å². The highest BCUT2D eigenvalue weighted by Crippen LogP contribution is 2.35. The van der Waals surface area contributed by atoms with Crippen LogP contribution < -0.4 is 4.74 Å². The number of hydrogen-bond donors (Lipinski definition) is 1. The van der Waals surface area contributed by atoms with Crippen molar-refractivity contribution in [2.24, 2.45) is 0 Å². The second kappa shape index (κ2) is 4.19. The Morgan fingerprint density at radius 3 is 2.88 bits per heavy atom. The van der Waals surface area contributed by atoms with Gasteiger partial charge in [0.1, 0.15) is 11.4 Å². The fourth-order valence-corrected chi connectivity index (χ4v) is 2.31. The summed E-state index contributed by atoms with van der Waals surface area (Å²) < 4.78 is 5.77. The second-order valence-electron chi connectivity index (χ2n) is 5.06. The molecule has 1 unspecified atom stereocenters. The lowest BCUT2D eigenvalue weighted by Crippen LogP contribution is -2.24. The van der Waals surface area contributed by atoms with E-state index in [1.807, 2.05) is 30.3 Å². The quantitative estimate of drug-likeness (QED) is 0.808. The van der Waals surface area contributed by atoms with Crippen molar-refractivity contribution < 1.29 is 9.84 Å². The lowest BCUT2D eigenvalue weighted by molar-refractivity contribution is 0.0722. The number of benzene rings is 1. The summed E-state index contributed by atoms with van der Waals surface area (Å²) >= 11 is 0. The molecule has 0 spiro atoms. The molecule has 0 bridgehead atoms. The summed E-state index contributed by atoms with van der Waals surface area (Å²) in [6.07, 6.45) is 9.63. The standard InChI is InChI=1S/C15H18O2/c16-15(9-2-1-3-10-15)12-5-4-6-14(11-12)17-13-7-8-13/h2,4-6,9,11,13,16H,1,3,7-8,10H2. The molecule has 1 fully saturated rings. The normalized spacial score (nSPS) is 28.1. The third kappa shape index (κ3) is 2.37. The van der Waals surface area contributed by atoms with Crippen LogP contribution in [0.1, 0.15) is 37.7 Å². The van der Waals surface area contributed by atoms with Crippen LogP contribution in [-0.2, 0) is 5.60 Å². The second-order valence-corrected chi connectivity index (χ2v) is 5.06. The highest BCUT2D eigenvalue weighted by molar-refractivity contribution is 5.35. The molecule has 0 amide bonds. The van der Waals surface area contributed by atoms with E-state index in [0.717, 1.165) is 43.4 Å². The van der Waals surface area contributed by atoms with E-state index in [9.17, 15) is 5.11 Å². The van der Waals surface area contributed by atoms with Crippen LogP contribution in [0.3, 0.4) is 0 Å². The van der Waals surface area contributed by atoms with Crippen LogP contribution in [-0.4, -0.2) is 11.2 Å². The number of hydrogen-bond acceptors (Lipinski definition) is 2. The number of ether oxygens (including phenoxy) is 1. The average Bonchev–Trinajstić information content (AvgIpc) is 3.14. The Kier molecular flexibility index (Phi) is 2.67. The van der Waals surface area contributed by atoms with Gasteiger partial charge in [-0.3, -0.25) is 0 Å². The molecule has 90 valence electrons. The maximum Gasteiger partial charge on any atom is 0.120 e. The first-order valence-electron chi connectivity index (χ1n) is 6.44. The fraction of sp³-hybridized carbons (Fsp3) is 0.467. The van der Waals surface area contributed by atoms with Crippen LogP contribution in [0.4, 0.5) is 0 Å². The van der Waals surface area contributed by atoms with Crippen molar-refractivity contribution in [3.63, 3.8) is 0 Å². The molecule has 0 aliphatic heterocycles. The van der Waals surface area contributed by atoms with Gasteiger partial charge in [0.05, 0.1) is 6.10 Å². The van der Waals surface area contributed by atoms with Crippen molar-refractivity contribution in [3.8, 4) is 5.75 Å². The summed E-state index contributed by atoms with van der Waals surface area (Å²) in [4.78, 5) is 0. The first-order valence-corrected chi connectivity index (χ1v) is 6.44.